The number of benzene rings is 1. The topological polar surface area (TPSA) is 101 Å². The lowest BCUT2D eigenvalue weighted by atomic mass is 10.0. The van der Waals surface area contributed by atoms with Crippen molar-refractivity contribution in [3.8, 4) is 0 Å². The Labute approximate surface area is 124 Å². The number of carboxylic acid groups (broad SMARTS) is 1. The second-order valence-electron chi connectivity index (χ2n) is 4.82. The van der Waals surface area contributed by atoms with E-state index < -0.39 is 33.7 Å². The molecule has 2 N–H and O–H groups in total. The summed E-state index contributed by atoms with van der Waals surface area (Å²) in [5.41, 5.74) is 0.189. The van der Waals surface area contributed by atoms with Crippen LogP contribution in [0.4, 0.5) is 0 Å². The largest absolute Gasteiger partial charge is 0.481 e. The smallest absolute Gasteiger partial charge is 0.308 e. The molecule has 0 saturated heterocycles. The van der Waals surface area contributed by atoms with E-state index in [0.29, 0.717) is 0 Å². The van der Waals surface area contributed by atoms with Crippen molar-refractivity contribution in [3.05, 3.63) is 29.8 Å². The predicted octanol–water partition coefficient (Wildman–Crippen LogP) is 1.32. The van der Waals surface area contributed by atoms with Gasteiger partial charge in [0.25, 0.3) is 5.91 Å². The Bertz CT molecular complexity index is 639. The number of carbonyl (C=O) groups is 2. The third-order valence-corrected chi connectivity index (χ3v) is 5.07. The molecule has 2 atom stereocenters. The second kappa shape index (κ2) is 6.71. The SMILES string of the molecule is CCS(=O)(=O)c1cccc(C(=O)NC(C)C(C)C(=O)O)c1. The minimum Gasteiger partial charge on any atom is -0.481 e. The van der Waals surface area contributed by atoms with Gasteiger partial charge in [-0.2, -0.15) is 0 Å². The summed E-state index contributed by atoms with van der Waals surface area (Å²) in [5.74, 6) is -2.30. The molecular formula is C14H19NO5S. The van der Waals surface area contributed by atoms with Crippen LogP contribution in [0.1, 0.15) is 31.1 Å². The third-order valence-electron chi connectivity index (χ3n) is 3.33. The molecular weight excluding hydrogens is 294 g/mol. The lowest BCUT2D eigenvalue weighted by Gasteiger charge is -2.17. The molecule has 1 aromatic carbocycles. The van der Waals surface area contributed by atoms with E-state index >= 15 is 0 Å². The van der Waals surface area contributed by atoms with E-state index in [0.717, 1.165) is 0 Å². The Morgan fingerprint density at radius 2 is 1.90 bits per heavy atom. The third kappa shape index (κ3) is 4.29. The Morgan fingerprint density at radius 3 is 2.43 bits per heavy atom. The minimum atomic E-state index is -3.39. The summed E-state index contributed by atoms with van der Waals surface area (Å²) in [5, 5.41) is 11.4. The summed E-state index contributed by atoms with van der Waals surface area (Å²) in [6, 6.07) is 5.14. The average Bonchev–Trinajstić information content (AvgIpc) is 2.46. The van der Waals surface area contributed by atoms with Crippen molar-refractivity contribution in [3.63, 3.8) is 0 Å². The fourth-order valence-corrected chi connectivity index (χ4v) is 2.55. The number of aliphatic carboxylic acids is 1. The Morgan fingerprint density at radius 1 is 1.29 bits per heavy atom. The van der Waals surface area contributed by atoms with Crippen LogP contribution in [0.2, 0.25) is 0 Å². The van der Waals surface area contributed by atoms with Gasteiger partial charge in [0, 0.05) is 11.6 Å². The second-order valence-corrected chi connectivity index (χ2v) is 7.10. The highest BCUT2D eigenvalue weighted by Crippen LogP contribution is 2.14. The quantitative estimate of drug-likeness (QED) is 0.825. The van der Waals surface area contributed by atoms with Crippen molar-refractivity contribution >= 4 is 21.7 Å². The number of sulfone groups is 1. The molecule has 2 unspecified atom stereocenters. The standard InChI is InChI=1S/C14H19NO5S/c1-4-21(19,20)12-7-5-6-11(8-12)13(16)15-10(3)9(2)14(17)18/h5-10H,4H2,1-3H3,(H,15,16)(H,17,18). The van der Waals surface area contributed by atoms with E-state index in [9.17, 15) is 18.0 Å². The van der Waals surface area contributed by atoms with E-state index in [1.165, 1.54) is 38.1 Å². The summed E-state index contributed by atoms with van der Waals surface area (Å²) in [7, 11) is -3.39. The van der Waals surface area contributed by atoms with Gasteiger partial charge in [0.2, 0.25) is 0 Å². The first-order valence-electron chi connectivity index (χ1n) is 6.55. The van der Waals surface area contributed by atoms with Gasteiger partial charge < -0.3 is 10.4 Å². The van der Waals surface area contributed by atoms with Gasteiger partial charge in [-0.3, -0.25) is 9.59 Å². The molecule has 0 aromatic heterocycles. The molecule has 1 amide bonds. The lowest BCUT2D eigenvalue weighted by Crippen LogP contribution is -2.40. The molecule has 1 aromatic rings. The van der Waals surface area contributed by atoms with Crippen LogP contribution < -0.4 is 5.32 Å². The summed E-state index contributed by atoms with van der Waals surface area (Å²) >= 11 is 0. The van der Waals surface area contributed by atoms with Crippen LogP contribution in [0.5, 0.6) is 0 Å². The highest BCUT2D eigenvalue weighted by Gasteiger charge is 2.22. The fourth-order valence-electron chi connectivity index (χ4n) is 1.63. The molecule has 6 nitrogen and oxygen atoms in total. The van der Waals surface area contributed by atoms with Gasteiger partial charge in [-0.1, -0.05) is 13.0 Å². The molecule has 0 bridgehead atoms. The Balaban J connectivity index is 2.94. The van der Waals surface area contributed by atoms with Crippen LogP contribution >= 0.6 is 0 Å². The highest BCUT2D eigenvalue weighted by atomic mass is 32.2. The van der Waals surface area contributed by atoms with Crippen LogP contribution in [0, 0.1) is 5.92 Å². The van der Waals surface area contributed by atoms with Crippen LogP contribution in [0.3, 0.4) is 0 Å². The first kappa shape index (κ1) is 17.2. The molecule has 21 heavy (non-hydrogen) atoms. The van der Waals surface area contributed by atoms with Crippen molar-refractivity contribution in [2.75, 3.05) is 5.75 Å². The number of carbonyl (C=O) groups excluding carboxylic acids is 1. The molecule has 0 radical (unpaired) electrons. The molecule has 7 heteroatoms. The number of nitrogens with one attached hydrogen (secondary N) is 1. The molecule has 0 heterocycles. The summed E-state index contributed by atoms with van der Waals surface area (Å²) in [6.07, 6.45) is 0. The number of rotatable bonds is 6. The maximum Gasteiger partial charge on any atom is 0.308 e. The van der Waals surface area contributed by atoms with E-state index in [-0.39, 0.29) is 16.2 Å². The summed E-state index contributed by atoms with van der Waals surface area (Å²) in [4.78, 5) is 23.0. The van der Waals surface area contributed by atoms with Gasteiger partial charge in [0.1, 0.15) is 0 Å². The normalized spacial score (nSPS) is 14.2. The van der Waals surface area contributed by atoms with E-state index in [4.69, 9.17) is 5.11 Å². The van der Waals surface area contributed by atoms with Crippen LogP contribution in [0.25, 0.3) is 0 Å². The summed E-state index contributed by atoms with van der Waals surface area (Å²) in [6.45, 7) is 4.60. The van der Waals surface area contributed by atoms with Gasteiger partial charge in [-0.05, 0) is 32.0 Å². The van der Waals surface area contributed by atoms with Gasteiger partial charge in [-0.15, -0.1) is 0 Å². The highest BCUT2D eigenvalue weighted by molar-refractivity contribution is 7.91. The first-order chi connectivity index (χ1) is 9.69. The molecule has 0 aliphatic carbocycles. The zero-order chi connectivity index (χ0) is 16.2. The van der Waals surface area contributed by atoms with Crippen LogP contribution in [-0.4, -0.2) is 37.2 Å². The van der Waals surface area contributed by atoms with Crippen LogP contribution in [-0.2, 0) is 14.6 Å². The van der Waals surface area contributed by atoms with Gasteiger partial charge in [-0.25, -0.2) is 8.42 Å². The average molecular weight is 313 g/mol. The molecule has 0 fully saturated rings. The fraction of sp³-hybridized carbons (Fsp3) is 0.429. The first-order valence-corrected chi connectivity index (χ1v) is 8.20. The van der Waals surface area contributed by atoms with Gasteiger partial charge in [0.05, 0.1) is 16.6 Å². The molecule has 1 rings (SSSR count). The number of hydrogen-bond donors (Lipinski definition) is 2. The maximum absolute atomic E-state index is 12.1. The van der Waals surface area contributed by atoms with Crippen molar-refractivity contribution < 1.29 is 23.1 Å². The van der Waals surface area contributed by atoms with Crippen LogP contribution in [0.15, 0.2) is 29.2 Å². The lowest BCUT2D eigenvalue weighted by molar-refractivity contribution is -0.141. The number of amides is 1. The van der Waals surface area contributed by atoms with E-state index in [2.05, 4.69) is 5.32 Å². The molecule has 0 saturated carbocycles. The van der Waals surface area contributed by atoms with Gasteiger partial charge in [0.15, 0.2) is 9.84 Å². The Kier molecular flexibility index (Phi) is 5.48. The predicted molar refractivity (Wildman–Crippen MR) is 77.9 cm³/mol. The number of carboxylic acids is 1. The zero-order valence-corrected chi connectivity index (χ0v) is 13.0. The Hall–Kier alpha value is -1.89. The maximum atomic E-state index is 12.1. The molecule has 0 aliphatic heterocycles. The molecule has 0 spiro atoms. The van der Waals surface area contributed by atoms with Crippen molar-refractivity contribution in [2.24, 2.45) is 5.92 Å². The number of hydrogen-bond acceptors (Lipinski definition) is 4. The zero-order valence-electron chi connectivity index (χ0n) is 12.2. The molecule has 0 aliphatic rings. The van der Waals surface area contributed by atoms with Gasteiger partial charge >= 0.3 is 5.97 Å². The monoisotopic (exact) mass is 313 g/mol. The minimum absolute atomic E-state index is 0.0511. The molecule has 116 valence electrons. The summed E-state index contributed by atoms with van der Waals surface area (Å²) < 4.78 is 23.6. The van der Waals surface area contributed by atoms with E-state index in [1.54, 1.807) is 6.92 Å². The van der Waals surface area contributed by atoms with E-state index in [1.807, 2.05) is 0 Å². The van der Waals surface area contributed by atoms with Crippen molar-refractivity contribution in [1.82, 2.24) is 5.32 Å². The van der Waals surface area contributed by atoms with Crippen molar-refractivity contribution in [1.29, 1.82) is 0 Å². The van der Waals surface area contributed by atoms with Crippen molar-refractivity contribution in [2.45, 2.75) is 31.7 Å².